The summed E-state index contributed by atoms with van der Waals surface area (Å²) in [5.41, 5.74) is 10.1. The molecule has 5 nitrogen and oxygen atoms in total. The highest BCUT2D eigenvalue weighted by molar-refractivity contribution is 6.02. The molecule has 0 aliphatic heterocycles. The van der Waals surface area contributed by atoms with E-state index >= 15 is 0 Å². The van der Waals surface area contributed by atoms with Crippen LogP contribution in [0.4, 0.5) is 0 Å². The number of carbonyl (C=O) groups is 1. The number of fused-ring (bicyclic) bond motifs is 3. The Balaban J connectivity index is 1.65. The Kier molecular flexibility index (Phi) is 4.13. The van der Waals surface area contributed by atoms with E-state index in [4.69, 9.17) is 5.73 Å². The molecule has 4 aromatic rings. The van der Waals surface area contributed by atoms with Gasteiger partial charge in [-0.3, -0.25) is 9.78 Å². The van der Waals surface area contributed by atoms with Crippen molar-refractivity contribution in [2.24, 2.45) is 5.73 Å². The van der Waals surface area contributed by atoms with Gasteiger partial charge in [0.25, 0.3) is 0 Å². The Bertz CT molecular complexity index is 1110. The van der Waals surface area contributed by atoms with Gasteiger partial charge in [0, 0.05) is 17.5 Å². The molecule has 0 radical (unpaired) electrons. The number of primary amides is 1. The highest BCUT2D eigenvalue weighted by Gasteiger charge is 2.12. The first-order valence-corrected chi connectivity index (χ1v) is 8.73. The molecule has 0 atom stereocenters. The van der Waals surface area contributed by atoms with Gasteiger partial charge in [0.2, 0.25) is 5.91 Å². The zero-order chi connectivity index (χ0) is 18.1. The summed E-state index contributed by atoms with van der Waals surface area (Å²) < 4.78 is 2.24. The van der Waals surface area contributed by atoms with Crippen molar-refractivity contribution >= 4 is 27.8 Å². The van der Waals surface area contributed by atoms with Crippen molar-refractivity contribution in [2.75, 3.05) is 0 Å². The van der Waals surface area contributed by atoms with E-state index in [0.29, 0.717) is 5.56 Å². The molecular weight excluding hydrogens is 324 g/mol. The van der Waals surface area contributed by atoms with Crippen LogP contribution in [-0.4, -0.2) is 20.4 Å². The second kappa shape index (κ2) is 6.59. The van der Waals surface area contributed by atoms with Gasteiger partial charge in [-0.15, -0.1) is 0 Å². The van der Waals surface area contributed by atoms with Crippen LogP contribution in [0.15, 0.2) is 54.7 Å². The molecule has 0 saturated heterocycles. The van der Waals surface area contributed by atoms with E-state index in [9.17, 15) is 4.79 Å². The van der Waals surface area contributed by atoms with Crippen LogP contribution in [0.25, 0.3) is 21.9 Å². The average Bonchev–Trinajstić information content (AvgIpc) is 2.98. The summed E-state index contributed by atoms with van der Waals surface area (Å²) in [5.74, 6) is 0.600. The quantitative estimate of drug-likeness (QED) is 0.601. The maximum atomic E-state index is 11.6. The number of rotatable bonds is 5. The first-order valence-electron chi connectivity index (χ1n) is 8.73. The second-order valence-electron chi connectivity index (χ2n) is 6.44. The molecule has 130 valence electrons. The summed E-state index contributed by atoms with van der Waals surface area (Å²) in [6.07, 6.45) is 3.53. The number of aromatic nitrogens is 3. The smallest absolute Gasteiger partial charge is 0.248 e. The molecule has 4 rings (SSSR count). The third kappa shape index (κ3) is 2.81. The molecule has 0 aliphatic carbocycles. The number of aryl methyl sites for hydroxylation is 3. The van der Waals surface area contributed by atoms with E-state index in [0.717, 1.165) is 52.7 Å². The van der Waals surface area contributed by atoms with E-state index in [1.54, 1.807) is 6.07 Å². The first-order chi connectivity index (χ1) is 12.6. The summed E-state index contributed by atoms with van der Waals surface area (Å²) in [4.78, 5) is 20.7. The molecule has 1 amide bonds. The predicted molar refractivity (Wildman–Crippen MR) is 103 cm³/mol. The minimum absolute atomic E-state index is 0.373. The minimum Gasteiger partial charge on any atom is -0.366 e. The lowest BCUT2D eigenvalue weighted by molar-refractivity contribution is 0.0999. The zero-order valence-electron chi connectivity index (χ0n) is 14.6. The molecular formula is C21H20N4O. The molecule has 5 heteroatoms. The van der Waals surface area contributed by atoms with Crippen molar-refractivity contribution in [3.8, 4) is 0 Å². The average molecular weight is 344 g/mol. The van der Waals surface area contributed by atoms with Gasteiger partial charge < -0.3 is 10.3 Å². The fourth-order valence-electron chi connectivity index (χ4n) is 3.56. The lowest BCUT2D eigenvalue weighted by Crippen LogP contribution is -2.14. The minimum atomic E-state index is -0.373. The summed E-state index contributed by atoms with van der Waals surface area (Å²) in [6.45, 7) is 2.84. The molecule has 0 unspecified atom stereocenters. The summed E-state index contributed by atoms with van der Waals surface area (Å²) >= 11 is 0. The van der Waals surface area contributed by atoms with Crippen LogP contribution in [-0.2, 0) is 13.0 Å². The summed E-state index contributed by atoms with van der Waals surface area (Å²) in [5, 5.41) is 1.11. The Labute approximate surface area is 151 Å². The molecule has 0 fully saturated rings. The van der Waals surface area contributed by atoms with E-state index < -0.39 is 0 Å². The van der Waals surface area contributed by atoms with Gasteiger partial charge in [0.1, 0.15) is 11.3 Å². The Hall–Kier alpha value is -3.21. The van der Waals surface area contributed by atoms with Gasteiger partial charge in [-0.05, 0) is 37.5 Å². The third-order valence-corrected chi connectivity index (χ3v) is 4.78. The SMILES string of the molecule is Cc1nc2cnc3ccccc3c2n1CCCc1ccccc1C(N)=O. The predicted octanol–water partition coefficient (Wildman–Crippen LogP) is 3.62. The summed E-state index contributed by atoms with van der Waals surface area (Å²) in [7, 11) is 0. The fraction of sp³-hybridized carbons (Fsp3) is 0.190. The molecule has 0 spiro atoms. The third-order valence-electron chi connectivity index (χ3n) is 4.78. The molecule has 26 heavy (non-hydrogen) atoms. The fourth-order valence-corrected chi connectivity index (χ4v) is 3.56. The number of imidazole rings is 1. The highest BCUT2D eigenvalue weighted by atomic mass is 16.1. The van der Waals surface area contributed by atoms with Gasteiger partial charge in [0.15, 0.2) is 0 Å². The maximum absolute atomic E-state index is 11.6. The number of nitrogens with two attached hydrogens (primary N) is 1. The van der Waals surface area contributed by atoms with Crippen LogP contribution < -0.4 is 5.73 Å². The molecule has 2 aromatic carbocycles. The van der Waals surface area contributed by atoms with Crippen molar-refractivity contribution in [1.29, 1.82) is 0 Å². The molecule has 0 aliphatic rings. The number of hydrogen-bond acceptors (Lipinski definition) is 3. The lowest BCUT2D eigenvalue weighted by Gasteiger charge is -2.10. The van der Waals surface area contributed by atoms with Crippen molar-refractivity contribution < 1.29 is 4.79 Å². The summed E-state index contributed by atoms with van der Waals surface area (Å²) in [6, 6.07) is 15.7. The number of carbonyl (C=O) groups excluding carboxylic acids is 1. The molecule has 2 N–H and O–H groups in total. The maximum Gasteiger partial charge on any atom is 0.248 e. The van der Waals surface area contributed by atoms with Crippen molar-refractivity contribution in [3.05, 3.63) is 71.7 Å². The second-order valence-corrected chi connectivity index (χ2v) is 6.44. The molecule has 2 heterocycles. The Morgan fingerprint density at radius 2 is 1.85 bits per heavy atom. The largest absolute Gasteiger partial charge is 0.366 e. The van der Waals surface area contributed by atoms with E-state index in [2.05, 4.69) is 20.6 Å². The Morgan fingerprint density at radius 3 is 2.69 bits per heavy atom. The van der Waals surface area contributed by atoms with Crippen LogP contribution >= 0.6 is 0 Å². The van der Waals surface area contributed by atoms with Crippen molar-refractivity contribution in [2.45, 2.75) is 26.3 Å². The van der Waals surface area contributed by atoms with E-state index in [1.807, 2.05) is 49.5 Å². The first kappa shape index (κ1) is 16.3. The van der Waals surface area contributed by atoms with Crippen LogP contribution in [0, 0.1) is 6.92 Å². The number of benzene rings is 2. The number of para-hydroxylation sites is 1. The van der Waals surface area contributed by atoms with Gasteiger partial charge in [-0.2, -0.15) is 0 Å². The lowest BCUT2D eigenvalue weighted by atomic mass is 10.0. The van der Waals surface area contributed by atoms with Gasteiger partial charge in [-0.25, -0.2) is 4.98 Å². The molecule has 2 aromatic heterocycles. The van der Waals surface area contributed by atoms with E-state index in [-0.39, 0.29) is 5.91 Å². The van der Waals surface area contributed by atoms with Gasteiger partial charge in [0.05, 0.1) is 17.2 Å². The normalized spacial score (nSPS) is 11.3. The van der Waals surface area contributed by atoms with Crippen LogP contribution in [0.5, 0.6) is 0 Å². The number of hydrogen-bond donors (Lipinski definition) is 1. The molecule has 0 saturated carbocycles. The monoisotopic (exact) mass is 344 g/mol. The zero-order valence-corrected chi connectivity index (χ0v) is 14.6. The standard InChI is InChI=1S/C21H20N4O/c1-14-24-19-13-23-18-11-5-4-10-17(18)20(19)25(14)12-6-8-15-7-2-3-9-16(15)21(22)26/h2-5,7,9-11,13H,6,8,12H2,1H3,(H2,22,26). The van der Waals surface area contributed by atoms with Crippen LogP contribution in [0.2, 0.25) is 0 Å². The number of amides is 1. The van der Waals surface area contributed by atoms with Crippen molar-refractivity contribution in [1.82, 2.24) is 14.5 Å². The number of nitrogens with zero attached hydrogens (tertiary/aromatic N) is 3. The van der Waals surface area contributed by atoms with Gasteiger partial charge >= 0.3 is 0 Å². The van der Waals surface area contributed by atoms with Crippen molar-refractivity contribution in [3.63, 3.8) is 0 Å². The van der Waals surface area contributed by atoms with Crippen LogP contribution in [0.3, 0.4) is 0 Å². The van der Waals surface area contributed by atoms with E-state index in [1.165, 1.54) is 0 Å². The highest BCUT2D eigenvalue weighted by Crippen LogP contribution is 2.25. The number of pyridine rings is 1. The van der Waals surface area contributed by atoms with Gasteiger partial charge in [-0.1, -0.05) is 36.4 Å². The molecule has 0 bridgehead atoms. The van der Waals surface area contributed by atoms with Crippen LogP contribution in [0.1, 0.15) is 28.2 Å². The Morgan fingerprint density at radius 1 is 1.08 bits per heavy atom. The topological polar surface area (TPSA) is 73.8 Å².